The highest BCUT2D eigenvalue weighted by Gasteiger charge is 2.12. The number of hydrogen-bond acceptors (Lipinski definition) is 5. The lowest BCUT2D eigenvalue weighted by Gasteiger charge is -2.12. The molecule has 0 radical (unpaired) electrons. The third-order valence-corrected chi connectivity index (χ3v) is 5.77. The molecule has 5 heteroatoms. The average Bonchev–Trinajstić information content (AvgIpc) is 2.76. The molecule has 0 spiro atoms. The second-order valence-corrected chi connectivity index (χ2v) is 9.65. The normalized spacial score (nSPS) is 12.2. The Hall–Kier alpha value is -1.10. The van der Waals surface area contributed by atoms with E-state index in [4.69, 9.17) is 9.47 Å². The summed E-state index contributed by atoms with van der Waals surface area (Å²) >= 11 is 0. The molecule has 0 unspecified atom stereocenters. The minimum Gasteiger partial charge on any atom is -0.463 e. The van der Waals surface area contributed by atoms with Crippen LogP contribution in [0.3, 0.4) is 0 Å². The molecular weight excluding hydrogens is 404 g/mol. The fraction of sp³-hybridized carbons (Fsp3) is 0.926. The summed E-state index contributed by atoms with van der Waals surface area (Å²) in [5.74, 6) is 0.208. The predicted octanol–water partition coefficient (Wildman–Crippen LogP) is 7.13. The Balaban J connectivity index is 3.46. The molecule has 0 heterocycles. The van der Waals surface area contributed by atoms with Crippen LogP contribution in [0.4, 0.5) is 0 Å². The molecule has 5 nitrogen and oxygen atoms in total. The van der Waals surface area contributed by atoms with Gasteiger partial charge in [0.2, 0.25) is 0 Å². The maximum Gasteiger partial charge on any atom is 0.305 e. The smallest absolute Gasteiger partial charge is 0.305 e. The molecule has 0 amide bonds. The van der Waals surface area contributed by atoms with Crippen LogP contribution in [0.2, 0.25) is 0 Å². The van der Waals surface area contributed by atoms with E-state index in [2.05, 4.69) is 20.8 Å². The first-order chi connectivity index (χ1) is 15.5. The molecule has 32 heavy (non-hydrogen) atoms. The van der Waals surface area contributed by atoms with Crippen LogP contribution >= 0.6 is 0 Å². The molecule has 190 valence electrons. The summed E-state index contributed by atoms with van der Waals surface area (Å²) in [5, 5.41) is 9.85. The maximum atomic E-state index is 11.8. The fourth-order valence-corrected chi connectivity index (χ4v) is 3.68. The van der Waals surface area contributed by atoms with Crippen molar-refractivity contribution in [2.24, 2.45) is 5.92 Å². The molecule has 0 saturated heterocycles. The third kappa shape index (κ3) is 23.6. The summed E-state index contributed by atoms with van der Waals surface area (Å²) in [4.78, 5) is 23.5. The first-order valence-corrected chi connectivity index (χ1v) is 13.4. The van der Waals surface area contributed by atoms with Gasteiger partial charge in [0.15, 0.2) is 0 Å². The molecule has 0 aliphatic rings. The first-order valence-electron chi connectivity index (χ1n) is 13.4. The standard InChI is InChI=1S/C27H52O5/c1-4-5-6-7-8-9-10-14-17-20-26(29)31-22-25(28)23-32-27(30)21-18-15-12-11-13-16-19-24(2)3/h24-25,28H,4-23H2,1-3H3/t25-/m0/s1. The number of rotatable bonds is 23. The Bertz CT molecular complexity index is 436. The van der Waals surface area contributed by atoms with E-state index in [0.717, 1.165) is 44.4 Å². The Morgan fingerprint density at radius 1 is 0.625 bits per heavy atom. The fourth-order valence-electron chi connectivity index (χ4n) is 3.68. The number of esters is 2. The number of aliphatic hydroxyl groups excluding tert-OH is 1. The summed E-state index contributed by atoms with van der Waals surface area (Å²) in [6.07, 6.45) is 18.7. The number of ether oxygens (including phenoxy) is 2. The zero-order chi connectivity index (χ0) is 23.9. The Labute approximate surface area is 198 Å². The van der Waals surface area contributed by atoms with Gasteiger partial charge in [-0.3, -0.25) is 9.59 Å². The van der Waals surface area contributed by atoms with Gasteiger partial charge in [0.25, 0.3) is 0 Å². The summed E-state index contributed by atoms with van der Waals surface area (Å²) in [7, 11) is 0. The van der Waals surface area contributed by atoms with Crippen molar-refractivity contribution in [2.45, 2.75) is 142 Å². The van der Waals surface area contributed by atoms with Crippen molar-refractivity contribution in [1.82, 2.24) is 0 Å². The highest BCUT2D eigenvalue weighted by Crippen LogP contribution is 2.13. The van der Waals surface area contributed by atoms with Crippen molar-refractivity contribution in [3.05, 3.63) is 0 Å². The molecule has 0 aliphatic heterocycles. The van der Waals surface area contributed by atoms with E-state index in [1.54, 1.807) is 0 Å². The van der Waals surface area contributed by atoms with Crippen molar-refractivity contribution in [3.8, 4) is 0 Å². The molecule has 0 aromatic rings. The van der Waals surface area contributed by atoms with Crippen LogP contribution < -0.4 is 0 Å². The summed E-state index contributed by atoms with van der Waals surface area (Å²) in [6.45, 7) is 6.51. The van der Waals surface area contributed by atoms with Crippen molar-refractivity contribution in [3.63, 3.8) is 0 Å². The van der Waals surface area contributed by atoms with Crippen molar-refractivity contribution in [1.29, 1.82) is 0 Å². The molecule has 1 N–H and O–H groups in total. The monoisotopic (exact) mass is 456 g/mol. The third-order valence-electron chi connectivity index (χ3n) is 5.77. The van der Waals surface area contributed by atoms with Crippen LogP contribution in [0.1, 0.15) is 136 Å². The zero-order valence-electron chi connectivity index (χ0n) is 21.4. The number of aliphatic hydroxyl groups is 1. The van der Waals surface area contributed by atoms with E-state index in [1.807, 2.05) is 0 Å². The number of hydrogen-bond donors (Lipinski definition) is 1. The molecule has 0 aromatic heterocycles. The van der Waals surface area contributed by atoms with Crippen LogP contribution in [-0.2, 0) is 19.1 Å². The second kappa shape index (κ2) is 23.1. The topological polar surface area (TPSA) is 72.8 Å². The molecule has 1 atom stereocenters. The largest absolute Gasteiger partial charge is 0.463 e. The van der Waals surface area contributed by atoms with Crippen molar-refractivity contribution >= 4 is 11.9 Å². The second-order valence-electron chi connectivity index (χ2n) is 9.65. The van der Waals surface area contributed by atoms with Gasteiger partial charge in [0.05, 0.1) is 0 Å². The van der Waals surface area contributed by atoms with Gasteiger partial charge in [-0.2, -0.15) is 0 Å². The van der Waals surface area contributed by atoms with Crippen molar-refractivity contribution < 1.29 is 24.2 Å². The minimum absolute atomic E-state index is 0.111. The van der Waals surface area contributed by atoms with Gasteiger partial charge in [-0.05, 0) is 18.8 Å². The number of carbonyl (C=O) groups is 2. The maximum absolute atomic E-state index is 11.8. The Morgan fingerprint density at radius 2 is 1.00 bits per heavy atom. The van der Waals surface area contributed by atoms with Crippen LogP contribution in [-0.4, -0.2) is 36.4 Å². The lowest BCUT2D eigenvalue weighted by atomic mass is 10.0. The molecule has 0 fully saturated rings. The van der Waals surface area contributed by atoms with Crippen LogP contribution in [0.15, 0.2) is 0 Å². The highest BCUT2D eigenvalue weighted by atomic mass is 16.6. The van der Waals surface area contributed by atoms with Gasteiger partial charge < -0.3 is 14.6 Å². The van der Waals surface area contributed by atoms with E-state index in [-0.39, 0.29) is 25.2 Å². The SMILES string of the molecule is CCCCCCCCCCCC(=O)OC[C@H](O)COC(=O)CCCCCCCCC(C)C. The van der Waals surface area contributed by atoms with Gasteiger partial charge in [-0.25, -0.2) is 0 Å². The molecule has 0 bridgehead atoms. The number of carbonyl (C=O) groups excluding carboxylic acids is 2. The Morgan fingerprint density at radius 3 is 1.41 bits per heavy atom. The van der Waals surface area contributed by atoms with Crippen LogP contribution in [0.25, 0.3) is 0 Å². The van der Waals surface area contributed by atoms with E-state index in [1.165, 1.54) is 64.2 Å². The van der Waals surface area contributed by atoms with Gasteiger partial charge in [-0.15, -0.1) is 0 Å². The quantitative estimate of drug-likeness (QED) is 0.131. The summed E-state index contributed by atoms with van der Waals surface area (Å²) in [5.41, 5.74) is 0. The molecule has 0 aliphatic carbocycles. The van der Waals surface area contributed by atoms with E-state index >= 15 is 0 Å². The van der Waals surface area contributed by atoms with Gasteiger partial charge >= 0.3 is 11.9 Å². The molecule has 0 saturated carbocycles. The number of unbranched alkanes of at least 4 members (excludes halogenated alkanes) is 13. The zero-order valence-corrected chi connectivity index (χ0v) is 21.4. The van der Waals surface area contributed by atoms with Crippen molar-refractivity contribution in [2.75, 3.05) is 13.2 Å². The van der Waals surface area contributed by atoms with E-state index in [9.17, 15) is 14.7 Å². The van der Waals surface area contributed by atoms with Crippen LogP contribution in [0.5, 0.6) is 0 Å². The van der Waals surface area contributed by atoms with Gasteiger partial charge in [-0.1, -0.05) is 111 Å². The van der Waals surface area contributed by atoms with Gasteiger partial charge in [0, 0.05) is 12.8 Å². The molecule has 0 aromatic carbocycles. The lowest BCUT2D eigenvalue weighted by Crippen LogP contribution is -2.25. The highest BCUT2D eigenvalue weighted by molar-refractivity contribution is 5.69. The average molecular weight is 457 g/mol. The molecule has 0 rings (SSSR count). The Kier molecular flexibility index (Phi) is 22.3. The first kappa shape index (κ1) is 30.9. The lowest BCUT2D eigenvalue weighted by molar-refractivity contribution is -0.152. The van der Waals surface area contributed by atoms with Crippen LogP contribution in [0, 0.1) is 5.92 Å². The molecular formula is C27H52O5. The summed E-state index contributed by atoms with van der Waals surface area (Å²) in [6, 6.07) is 0. The van der Waals surface area contributed by atoms with E-state index < -0.39 is 6.10 Å². The van der Waals surface area contributed by atoms with E-state index in [0.29, 0.717) is 12.8 Å². The van der Waals surface area contributed by atoms with Gasteiger partial charge in [0.1, 0.15) is 19.3 Å². The predicted molar refractivity (Wildman–Crippen MR) is 132 cm³/mol. The summed E-state index contributed by atoms with van der Waals surface area (Å²) < 4.78 is 10.2. The minimum atomic E-state index is -0.952.